The van der Waals surface area contributed by atoms with E-state index in [1.54, 1.807) is 25.1 Å². The molecular formula is C22H16N2O5S. The van der Waals surface area contributed by atoms with Crippen LogP contribution in [0.4, 0.5) is 5.13 Å². The lowest BCUT2D eigenvalue weighted by Gasteiger charge is -2.10. The maximum atomic E-state index is 12.9. The van der Waals surface area contributed by atoms with E-state index < -0.39 is 11.9 Å². The van der Waals surface area contributed by atoms with Crippen molar-refractivity contribution < 1.29 is 18.7 Å². The van der Waals surface area contributed by atoms with Crippen LogP contribution >= 0.6 is 11.3 Å². The van der Waals surface area contributed by atoms with Crippen molar-refractivity contribution in [2.75, 3.05) is 12.4 Å². The molecular weight excluding hydrogens is 404 g/mol. The van der Waals surface area contributed by atoms with E-state index >= 15 is 0 Å². The van der Waals surface area contributed by atoms with Gasteiger partial charge in [0.15, 0.2) is 16.1 Å². The summed E-state index contributed by atoms with van der Waals surface area (Å²) in [6, 6.07) is 14.0. The van der Waals surface area contributed by atoms with Crippen LogP contribution in [0, 0.1) is 6.92 Å². The number of amides is 1. The molecule has 4 rings (SSSR count). The van der Waals surface area contributed by atoms with Crippen LogP contribution in [0.25, 0.3) is 22.3 Å². The van der Waals surface area contributed by atoms with Gasteiger partial charge >= 0.3 is 5.97 Å². The summed E-state index contributed by atoms with van der Waals surface area (Å²) in [6.07, 6.45) is 1.33. The molecule has 0 aliphatic rings. The lowest BCUT2D eigenvalue weighted by Crippen LogP contribution is -2.14. The van der Waals surface area contributed by atoms with Crippen molar-refractivity contribution in [2.24, 2.45) is 0 Å². The number of carbonyl (C=O) groups is 2. The second kappa shape index (κ2) is 7.92. The quantitative estimate of drug-likeness (QED) is 0.495. The molecule has 0 aliphatic carbocycles. The molecule has 30 heavy (non-hydrogen) atoms. The number of nitrogens with one attached hydrogen (secondary N) is 1. The topological polar surface area (TPSA) is 98.5 Å². The number of aromatic nitrogens is 1. The number of anilines is 1. The molecule has 2 heterocycles. The summed E-state index contributed by atoms with van der Waals surface area (Å²) in [6.45, 7) is 1.70. The van der Waals surface area contributed by atoms with E-state index in [1.807, 2.05) is 30.3 Å². The fourth-order valence-corrected chi connectivity index (χ4v) is 3.77. The van der Waals surface area contributed by atoms with Crippen molar-refractivity contribution in [2.45, 2.75) is 6.92 Å². The molecule has 0 radical (unpaired) electrons. The van der Waals surface area contributed by atoms with E-state index in [0.29, 0.717) is 16.7 Å². The molecule has 8 heteroatoms. The summed E-state index contributed by atoms with van der Waals surface area (Å²) in [5.74, 6) is -0.625. The molecule has 2 aromatic heterocycles. The van der Waals surface area contributed by atoms with E-state index in [1.165, 1.54) is 13.3 Å². The maximum absolute atomic E-state index is 12.9. The van der Waals surface area contributed by atoms with Gasteiger partial charge in [-0.05, 0) is 19.1 Å². The highest BCUT2D eigenvalue weighted by molar-refractivity contribution is 7.17. The van der Waals surface area contributed by atoms with Crippen LogP contribution in [0.5, 0.6) is 0 Å². The minimum atomic E-state index is -0.535. The Bertz CT molecular complexity index is 1320. The normalized spacial score (nSPS) is 10.7. The van der Waals surface area contributed by atoms with Gasteiger partial charge in [-0.25, -0.2) is 9.78 Å². The Morgan fingerprint density at radius 1 is 1.10 bits per heavy atom. The summed E-state index contributed by atoms with van der Waals surface area (Å²) in [5, 5.41) is 3.19. The SMILES string of the molecule is COC(=O)c1cnc(NC(=O)c2cccc3c(=O)c(C)c(-c4ccccc4)oc23)s1. The van der Waals surface area contributed by atoms with Gasteiger partial charge in [0.05, 0.1) is 24.3 Å². The summed E-state index contributed by atoms with van der Waals surface area (Å²) in [5.41, 5.74) is 1.39. The third-order valence-corrected chi connectivity index (χ3v) is 5.43. The third-order valence-electron chi connectivity index (χ3n) is 4.54. The smallest absolute Gasteiger partial charge is 0.349 e. The van der Waals surface area contributed by atoms with Crippen molar-refractivity contribution >= 4 is 39.3 Å². The first-order valence-corrected chi connectivity index (χ1v) is 9.78. The number of para-hydroxylation sites is 1. The first kappa shape index (κ1) is 19.5. The van der Waals surface area contributed by atoms with Crippen molar-refractivity contribution in [3.05, 3.63) is 81.0 Å². The van der Waals surface area contributed by atoms with Gasteiger partial charge in [-0.1, -0.05) is 47.7 Å². The fraction of sp³-hybridized carbons (Fsp3) is 0.0909. The second-order valence-electron chi connectivity index (χ2n) is 6.41. The van der Waals surface area contributed by atoms with Gasteiger partial charge in [-0.15, -0.1) is 0 Å². The van der Waals surface area contributed by atoms with Gasteiger partial charge in [0.25, 0.3) is 5.91 Å². The molecule has 0 spiro atoms. The van der Waals surface area contributed by atoms with Crippen LogP contribution in [0.1, 0.15) is 25.6 Å². The monoisotopic (exact) mass is 420 g/mol. The van der Waals surface area contributed by atoms with E-state index in [9.17, 15) is 14.4 Å². The molecule has 4 aromatic rings. The number of esters is 1. The Balaban J connectivity index is 1.78. The van der Waals surface area contributed by atoms with Gasteiger partial charge in [0, 0.05) is 11.1 Å². The number of rotatable bonds is 4. The Labute approximate surface area is 174 Å². The van der Waals surface area contributed by atoms with Crippen LogP contribution in [0.2, 0.25) is 0 Å². The first-order chi connectivity index (χ1) is 14.5. The molecule has 1 N–H and O–H groups in total. The number of benzene rings is 2. The molecule has 0 unspecified atom stereocenters. The van der Waals surface area contributed by atoms with E-state index in [0.717, 1.165) is 16.9 Å². The highest BCUT2D eigenvalue weighted by atomic mass is 32.1. The zero-order valence-corrected chi connectivity index (χ0v) is 16.9. The number of ether oxygens (including phenoxy) is 1. The number of hydrogen-bond donors (Lipinski definition) is 1. The largest absolute Gasteiger partial charge is 0.465 e. The van der Waals surface area contributed by atoms with E-state index in [4.69, 9.17) is 4.42 Å². The number of nitrogens with zero attached hydrogens (tertiary/aromatic N) is 1. The average molecular weight is 420 g/mol. The van der Waals surface area contributed by atoms with Crippen LogP contribution in [-0.4, -0.2) is 24.0 Å². The highest BCUT2D eigenvalue weighted by Crippen LogP contribution is 2.28. The van der Waals surface area contributed by atoms with Crippen LogP contribution < -0.4 is 10.7 Å². The zero-order chi connectivity index (χ0) is 21.3. The van der Waals surface area contributed by atoms with Crippen LogP contribution in [-0.2, 0) is 4.74 Å². The third kappa shape index (κ3) is 3.48. The molecule has 0 aliphatic heterocycles. The first-order valence-electron chi connectivity index (χ1n) is 8.97. The number of thiazole rings is 1. The minimum absolute atomic E-state index is 0.189. The summed E-state index contributed by atoms with van der Waals surface area (Å²) < 4.78 is 10.7. The number of hydrogen-bond acceptors (Lipinski definition) is 7. The van der Waals surface area contributed by atoms with Gasteiger partial charge in [-0.2, -0.15) is 0 Å². The predicted molar refractivity (Wildman–Crippen MR) is 114 cm³/mol. The average Bonchev–Trinajstić information content (AvgIpc) is 3.24. The van der Waals surface area contributed by atoms with Crippen molar-refractivity contribution in [3.8, 4) is 11.3 Å². The number of fused-ring (bicyclic) bond motifs is 1. The van der Waals surface area contributed by atoms with Crippen LogP contribution in [0.3, 0.4) is 0 Å². The Hall–Kier alpha value is -3.78. The van der Waals surface area contributed by atoms with Gasteiger partial charge in [0.2, 0.25) is 0 Å². The molecule has 0 atom stereocenters. The van der Waals surface area contributed by atoms with Gasteiger partial charge in [0.1, 0.15) is 10.6 Å². The Kier molecular flexibility index (Phi) is 5.16. The lowest BCUT2D eigenvalue weighted by atomic mass is 10.0. The lowest BCUT2D eigenvalue weighted by molar-refractivity contribution is 0.0606. The van der Waals surface area contributed by atoms with E-state index in [-0.39, 0.29) is 26.6 Å². The summed E-state index contributed by atoms with van der Waals surface area (Å²) in [4.78, 5) is 41.7. The molecule has 7 nitrogen and oxygen atoms in total. The predicted octanol–water partition coefficient (Wildman–Crippen LogP) is 4.26. The summed E-state index contributed by atoms with van der Waals surface area (Å²) >= 11 is 0.990. The standard InChI is InChI=1S/C22H16N2O5S/c1-12-17(25)14-9-6-10-15(19(14)29-18(12)13-7-4-3-5-8-13)20(26)24-22-23-11-16(30-22)21(27)28-2/h3-11H,1-2H3,(H,23,24,26). The van der Waals surface area contributed by atoms with E-state index in [2.05, 4.69) is 15.0 Å². The Morgan fingerprint density at radius 2 is 1.87 bits per heavy atom. The van der Waals surface area contributed by atoms with Crippen molar-refractivity contribution in [1.82, 2.24) is 4.98 Å². The highest BCUT2D eigenvalue weighted by Gasteiger charge is 2.20. The maximum Gasteiger partial charge on any atom is 0.349 e. The molecule has 0 fully saturated rings. The molecule has 2 aromatic carbocycles. The second-order valence-corrected chi connectivity index (χ2v) is 7.44. The van der Waals surface area contributed by atoms with Crippen molar-refractivity contribution in [3.63, 3.8) is 0 Å². The van der Waals surface area contributed by atoms with Crippen molar-refractivity contribution in [1.29, 1.82) is 0 Å². The molecule has 150 valence electrons. The van der Waals surface area contributed by atoms with Gasteiger partial charge in [-0.3, -0.25) is 14.9 Å². The minimum Gasteiger partial charge on any atom is -0.465 e. The molecule has 1 amide bonds. The van der Waals surface area contributed by atoms with Crippen LogP contribution in [0.15, 0.2) is 63.9 Å². The fourth-order valence-electron chi connectivity index (χ4n) is 3.04. The zero-order valence-electron chi connectivity index (χ0n) is 16.1. The number of methoxy groups -OCH3 is 1. The molecule has 0 saturated heterocycles. The number of carbonyl (C=O) groups excluding carboxylic acids is 2. The van der Waals surface area contributed by atoms with Gasteiger partial charge < -0.3 is 9.15 Å². The summed E-state index contributed by atoms with van der Waals surface area (Å²) in [7, 11) is 1.27. The molecule has 0 bridgehead atoms. The molecule has 0 saturated carbocycles. The Morgan fingerprint density at radius 3 is 2.60 bits per heavy atom.